The van der Waals surface area contributed by atoms with Crippen LogP contribution in [0, 0.1) is 0 Å². The lowest BCUT2D eigenvalue weighted by Gasteiger charge is -2.27. The van der Waals surface area contributed by atoms with Crippen LogP contribution in [0.1, 0.15) is 17.1 Å². The largest absolute Gasteiger partial charge is 0.372 e. The Balaban J connectivity index is 1.79. The fourth-order valence-electron chi connectivity index (χ4n) is 3.86. The zero-order valence-electron chi connectivity index (χ0n) is 16.9. The van der Waals surface area contributed by atoms with E-state index in [-0.39, 0.29) is 0 Å². The van der Waals surface area contributed by atoms with E-state index in [0.717, 1.165) is 5.56 Å². The molecule has 0 aliphatic rings. The molecule has 0 aliphatic carbocycles. The van der Waals surface area contributed by atoms with Crippen molar-refractivity contribution in [3.63, 3.8) is 0 Å². The number of aryl methyl sites for hydroxylation is 1. The Labute approximate surface area is 194 Å². The van der Waals surface area contributed by atoms with Gasteiger partial charge in [-0.15, -0.1) is 0 Å². The second kappa shape index (κ2) is 7.98. The van der Waals surface area contributed by atoms with E-state index in [9.17, 15) is 5.11 Å². The predicted octanol–water partition coefficient (Wildman–Crippen LogP) is 5.02. The van der Waals surface area contributed by atoms with E-state index in [1.165, 1.54) is 12.4 Å². The molecule has 0 aliphatic heterocycles. The van der Waals surface area contributed by atoms with Crippen molar-refractivity contribution in [2.24, 2.45) is 7.05 Å². The second-order valence-corrected chi connectivity index (χ2v) is 8.09. The lowest BCUT2D eigenvalue weighted by Crippen LogP contribution is -2.33. The van der Waals surface area contributed by atoms with Crippen LogP contribution in [-0.4, -0.2) is 29.6 Å². The minimum Gasteiger partial charge on any atom is -0.372 e. The van der Waals surface area contributed by atoms with Crippen LogP contribution in [0.25, 0.3) is 22.0 Å². The molecule has 1 atom stereocenters. The summed E-state index contributed by atoms with van der Waals surface area (Å²) in [7, 11) is 1.81. The molecule has 0 fully saturated rings. The summed E-state index contributed by atoms with van der Waals surface area (Å²) in [5.41, 5.74) is 1.33. The van der Waals surface area contributed by atoms with Gasteiger partial charge >= 0.3 is 0 Å². The average Bonchev–Trinajstić information content (AvgIpc) is 3.26. The Kier molecular flexibility index (Phi) is 5.13. The lowest BCUT2D eigenvalue weighted by molar-refractivity contribution is 0.107. The van der Waals surface area contributed by atoms with E-state index in [1.54, 1.807) is 41.4 Å². The highest BCUT2D eigenvalue weighted by Crippen LogP contribution is 2.41. The quantitative estimate of drug-likeness (QED) is 0.380. The van der Waals surface area contributed by atoms with Gasteiger partial charge in [0.1, 0.15) is 10.8 Å². The van der Waals surface area contributed by atoms with Gasteiger partial charge in [-0.25, -0.2) is 9.97 Å². The van der Waals surface area contributed by atoms with Gasteiger partial charge in [0.15, 0.2) is 11.4 Å². The van der Waals surface area contributed by atoms with E-state index in [4.69, 9.17) is 23.2 Å². The monoisotopic (exact) mass is 461 g/mol. The van der Waals surface area contributed by atoms with Gasteiger partial charge in [0, 0.05) is 42.8 Å². The van der Waals surface area contributed by atoms with Crippen molar-refractivity contribution in [1.82, 2.24) is 24.5 Å². The maximum absolute atomic E-state index is 12.0. The minimum absolute atomic E-state index is 0.315. The highest BCUT2D eigenvalue weighted by Gasteiger charge is 2.39. The Morgan fingerprint density at radius 1 is 0.969 bits per heavy atom. The van der Waals surface area contributed by atoms with Gasteiger partial charge in [-0.3, -0.25) is 9.97 Å². The van der Waals surface area contributed by atoms with Crippen LogP contribution in [0.15, 0.2) is 79.5 Å². The number of halogens is 2. The van der Waals surface area contributed by atoms with Crippen molar-refractivity contribution in [2.75, 3.05) is 0 Å². The third-order valence-corrected chi connectivity index (χ3v) is 6.10. The zero-order valence-corrected chi connectivity index (χ0v) is 18.5. The molecule has 0 amide bonds. The van der Waals surface area contributed by atoms with Crippen molar-refractivity contribution < 1.29 is 5.11 Å². The Morgan fingerprint density at radius 2 is 1.78 bits per heavy atom. The van der Waals surface area contributed by atoms with Crippen LogP contribution in [0.5, 0.6) is 0 Å². The summed E-state index contributed by atoms with van der Waals surface area (Å²) in [5.74, 6) is 0.402. The van der Waals surface area contributed by atoms with Crippen molar-refractivity contribution in [2.45, 2.75) is 5.60 Å². The average molecular weight is 462 g/mol. The third kappa shape index (κ3) is 3.24. The second-order valence-electron chi connectivity index (χ2n) is 7.35. The summed E-state index contributed by atoms with van der Waals surface area (Å²) in [6, 6.07) is 15.0. The van der Waals surface area contributed by atoms with Crippen LogP contribution in [0.2, 0.25) is 10.2 Å². The van der Waals surface area contributed by atoms with Crippen LogP contribution in [0.3, 0.4) is 0 Å². The van der Waals surface area contributed by atoms with Crippen molar-refractivity contribution in [3.8, 4) is 11.1 Å². The molecule has 3 heterocycles. The van der Waals surface area contributed by atoms with Gasteiger partial charge in [-0.05, 0) is 23.3 Å². The predicted molar refractivity (Wildman–Crippen MR) is 125 cm³/mol. The number of rotatable bonds is 4. The fraction of sp³-hybridized carbons (Fsp3) is 0.0833. The van der Waals surface area contributed by atoms with Gasteiger partial charge in [-0.2, -0.15) is 0 Å². The summed E-state index contributed by atoms with van der Waals surface area (Å²) < 4.78 is 1.75. The number of aliphatic hydroxyl groups is 1. The lowest BCUT2D eigenvalue weighted by atomic mass is 9.88. The molecule has 0 radical (unpaired) electrons. The van der Waals surface area contributed by atoms with E-state index in [0.29, 0.717) is 43.7 Å². The summed E-state index contributed by atoms with van der Waals surface area (Å²) in [6.07, 6.45) is 8.00. The first-order valence-corrected chi connectivity index (χ1v) is 10.6. The van der Waals surface area contributed by atoms with Crippen LogP contribution >= 0.6 is 23.2 Å². The zero-order chi connectivity index (χ0) is 22.3. The summed E-state index contributed by atoms with van der Waals surface area (Å²) >= 11 is 13.3. The van der Waals surface area contributed by atoms with E-state index in [2.05, 4.69) is 19.9 Å². The molecule has 6 nitrogen and oxygen atoms in total. The number of aromatic nitrogens is 5. The molecule has 0 bridgehead atoms. The molecule has 0 spiro atoms. The third-order valence-electron chi connectivity index (χ3n) is 5.44. The SMILES string of the molecule is Cn1ccnc1C(O)(c1ccc2nc(Cl)c(-c3ccccc3)c(Cl)c2c1)c1cnccn1. The first-order valence-electron chi connectivity index (χ1n) is 9.81. The Hall–Kier alpha value is -3.32. The van der Waals surface area contributed by atoms with E-state index in [1.807, 2.05) is 37.4 Å². The molecule has 2 aromatic carbocycles. The molecule has 8 heteroatoms. The summed E-state index contributed by atoms with van der Waals surface area (Å²) in [5, 5.41) is 13.4. The smallest absolute Gasteiger partial charge is 0.191 e. The van der Waals surface area contributed by atoms with Crippen LogP contribution < -0.4 is 0 Å². The molecule has 5 aromatic rings. The van der Waals surface area contributed by atoms with Crippen molar-refractivity contribution in [3.05, 3.63) is 107 Å². The van der Waals surface area contributed by atoms with Crippen molar-refractivity contribution in [1.29, 1.82) is 0 Å². The maximum Gasteiger partial charge on any atom is 0.191 e. The minimum atomic E-state index is -1.66. The molecule has 32 heavy (non-hydrogen) atoms. The molecule has 1 unspecified atom stereocenters. The summed E-state index contributed by atoms with van der Waals surface area (Å²) in [6.45, 7) is 0. The Bertz CT molecular complexity index is 1420. The molecule has 1 N–H and O–H groups in total. The highest BCUT2D eigenvalue weighted by atomic mass is 35.5. The number of hydrogen-bond donors (Lipinski definition) is 1. The first kappa shape index (κ1) is 20.6. The first-order chi connectivity index (χ1) is 15.5. The molecular formula is C24H17Cl2N5O. The normalized spacial score (nSPS) is 13.2. The Morgan fingerprint density at radius 3 is 2.47 bits per heavy atom. The maximum atomic E-state index is 12.0. The fourth-order valence-corrected chi connectivity index (χ4v) is 4.56. The van der Waals surface area contributed by atoms with Gasteiger partial charge in [-0.1, -0.05) is 59.6 Å². The number of imidazole rings is 1. The summed E-state index contributed by atoms with van der Waals surface area (Å²) in [4.78, 5) is 17.5. The molecule has 3 aromatic heterocycles. The van der Waals surface area contributed by atoms with Gasteiger partial charge in [0.2, 0.25) is 0 Å². The molecule has 5 rings (SSSR count). The molecule has 0 saturated carbocycles. The number of fused-ring (bicyclic) bond motifs is 1. The number of pyridine rings is 1. The van der Waals surface area contributed by atoms with Crippen molar-refractivity contribution >= 4 is 34.1 Å². The number of hydrogen-bond acceptors (Lipinski definition) is 5. The molecule has 158 valence electrons. The van der Waals surface area contributed by atoms with Gasteiger partial charge in [0.25, 0.3) is 0 Å². The van der Waals surface area contributed by atoms with E-state index >= 15 is 0 Å². The van der Waals surface area contributed by atoms with Crippen LogP contribution in [-0.2, 0) is 12.6 Å². The standard InChI is InChI=1S/C24H17Cl2N5O/c1-31-12-11-29-23(31)24(32,19-14-27-9-10-28-19)16-7-8-18-17(13-16)21(25)20(22(26)30-18)15-5-3-2-4-6-15/h2-14,32H,1H3. The molecular weight excluding hydrogens is 445 g/mol. The number of nitrogens with zero attached hydrogens (tertiary/aromatic N) is 5. The molecule has 0 saturated heterocycles. The topological polar surface area (TPSA) is 76.7 Å². The number of benzene rings is 2. The van der Waals surface area contributed by atoms with Gasteiger partial charge in [0.05, 0.1) is 16.7 Å². The van der Waals surface area contributed by atoms with Crippen LogP contribution in [0.4, 0.5) is 0 Å². The van der Waals surface area contributed by atoms with E-state index < -0.39 is 5.60 Å². The van der Waals surface area contributed by atoms with Gasteiger partial charge < -0.3 is 9.67 Å². The highest BCUT2D eigenvalue weighted by molar-refractivity contribution is 6.42.